The molecular formula is C19H23N3O3. The van der Waals surface area contributed by atoms with Gasteiger partial charge in [0, 0.05) is 42.8 Å². The Morgan fingerprint density at radius 2 is 2.08 bits per heavy atom. The number of carbonyl (C=O) groups is 1. The van der Waals surface area contributed by atoms with E-state index >= 15 is 0 Å². The number of carbonyl (C=O) groups excluding carboxylic acids is 1. The number of hydrogen-bond acceptors (Lipinski definition) is 4. The van der Waals surface area contributed by atoms with Crippen LogP contribution in [-0.4, -0.2) is 45.9 Å². The van der Waals surface area contributed by atoms with Gasteiger partial charge in [-0.25, -0.2) is 4.98 Å². The number of ether oxygens (including phenoxy) is 1. The maximum absolute atomic E-state index is 12.4. The Morgan fingerprint density at radius 3 is 2.72 bits per heavy atom. The van der Waals surface area contributed by atoms with Gasteiger partial charge in [-0.2, -0.15) is 0 Å². The van der Waals surface area contributed by atoms with E-state index < -0.39 is 0 Å². The normalized spacial score (nSPS) is 24.7. The monoisotopic (exact) mass is 341 g/mol. The van der Waals surface area contributed by atoms with Gasteiger partial charge in [-0.1, -0.05) is 12.1 Å². The first-order chi connectivity index (χ1) is 12.2. The van der Waals surface area contributed by atoms with Gasteiger partial charge in [-0.15, -0.1) is 0 Å². The summed E-state index contributed by atoms with van der Waals surface area (Å²) in [5.41, 5.74) is 1.81. The van der Waals surface area contributed by atoms with Crippen molar-refractivity contribution in [3.05, 3.63) is 48.5 Å². The average molecular weight is 341 g/mol. The molecule has 2 atom stereocenters. The van der Waals surface area contributed by atoms with Gasteiger partial charge in [0.05, 0.1) is 18.9 Å². The molecule has 1 saturated carbocycles. The minimum atomic E-state index is -0.323. The quantitative estimate of drug-likeness (QED) is 0.883. The van der Waals surface area contributed by atoms with E-state index in [1.165, 1.54) is 0 Å². The van der Waals surface area contributed by atoms with E-state index in [1.807, 2.05) is 35.0 Å². The van der Waals surface area contributed by atoms with Crippen LogP contribution in [0.5, 0.6) is 0 Å². The van der Waals surface area contributed by atoms with Crippen molar-refractivity contribution < 1.29 is 14.6 Å². The van der Waals surface area contributed by atoms with Gasteiger partial charge in [0.1, 0.15) is 0 Å². The summed E-state index contributed by atoms with van der Waals surface area (Å²) in [7, 11) is 0. The highest BCUT2D eigenvalue weighted by Crippen LogP contribution is 2.48. The van der Waals surface area contributed by atoms with Gasteiger partial charge < -0.3 is 19.7 Å². The highest BCUT2D eigenvalue weighted by atomic mass is 16.5. The highest BCUT2D eigenvalue weighted by molar-refractivity contribution is 5.79. The summed E-state index contributed by atoms with van der Waals surface area (Å²) in [5.74, 6) is 0.0122. The molecule has 2 N–H and O–H groups in total. The van der Waals surface area contributed by atoms with Crippen LogP contribution in [-0.2, 0) is 16.0 Å². The third-order valence-corrected chi connectivity index (χ3v) is 5.68. The third-order valence-electron chi connectivity index (χ3n) is 5.68. The number of imidazole rings is 1. The zero-order valence-electron chi connectivity index (χ0n) is 14.1. The van der Waals surface area contributed by atoms with Crippen molar-refractivity contribution in [1.29, 1.82) is 0 Å². The van der Waals surface area contributed by atoms with Gasteiger partial charge in [-0.3, -0.25) is 4.79 Å². The third kappa shape index (κ3) is 3.07. The number of aromatic nitrogens is 2. The lowest BCUT2D eigenvalue weighted by Crippen LogP contribution is -2.65. The largest absolute Gasteiger partial charge is 0.392 e. The van der Waals surface area contributed by atoms with E-state index in [2.05, 4.69) is 10.3 Å². The van der Waals surface area contributed by atoms with E-state index in [9.17, 15) is 9.90 Å². The van der Waals surface area contributed by atoms with E-state index in [0.29, 0.717) is 26.1 Å². The fraction of sp³-hybridized carbons (Fsp3) is 0.474. The fourth-order valence-electron chi connectivity index (χ4n) is 4.03. The summed E-state index contributed by atoms with van der Waals surface area (Å²) >= 11 is 0. The Hall–Kier alpha value is -2.18. The molecule has 6 heteroatoms. The SMILES string of the molecule is O=C(Cc1ccc(-n2ccnc2)cc1)N[C@@H]1C[C@@H](O)C12CCOCC2. The van der Waals surface area contributed by atoms with Crippen molar-refractivity contribution in [3.8, 4) is 5.69 Å². The number of hydrogen-bond donors (Lipinski definition) is 2. The number of benzene rings is 1. The number of aliphatic hydroxyl groups is 1. The summed E-state index contributed by atoms with van der Waals surface area (Å²) in [6.45, 7) is 1.33. The molecule has 1 amide bonds. The maximum Gasteiger partial charge on any atom is 0.224 e. The maximum atomic E-state index is 12.4. The van der Waals surface area contributed by atoms with Gasteiger partial charge in [0.25, 0.3) is 0 Å². The number of nitrogens with one attached hydrogen (secondary N) is 1. The van der Waals surface area contributed by atoms with E-state index in [1.54, 1.807) is 12.5 Å². The highest BCUT2D eigenvalue weighted by Gasteiger charge is 2.55. The molecule has 2 heterocycles. The van der Waals surface area contributed by atoms with Crippen LogP contribution in [0.2, 0.25) is 0 Å². The molecule has 0 bridgehead atoms. The molecular weight excluding hydrogens is 318 g/mol. The summed E-state index contributed by atoms with van der Waals surface area (Å²) in [5, 5.41) is 13.3. The molecule has 1 aliphatic carbocycles. The first-order valence-corrected chi connectivity index (χ1v) is 8.80. The molecule has 1 saturated heterocycles. The molecule has 0 radical (unpaired) electrons. The number of nitrogens with zero attached hydrogens (tertiary/aromatic N) is 2. The lowest BCUT2D eigenvalue weighted by molar-refractivity contribution is -0.155. The molecule has 2 aromatic rings. The Kier molecular flexibility index (Phi) is 4.31. The lowest BCUT2D eigenvalue weighted by atomic mass is 9.58. The Balaban J connectivity index is 1.36. The molecule has 1 spiro atoms. The second kappa shape index (κ2) is 6.61. The smallest absolute Gasteiger partial charge is 0.224 e. The number of amides is 1. The molecule has 132 valence electrons. The van der Waals surface area contributed by atoms with Crippen LogP contribution in [0.4, 0.5) is 0 Å². The van der Waals surface area contributed by atoms with Gasteiger partial charge >= 0.3 is 0 Å². The van der Waals surface area contributed by atoms with Crippen molar-refractivity contribution in [2.45, 2.75) is 37.8 Å². The summed E-state index contributed by atoms with van der Waals surface area (Å²) in [6, 6.07) is 7.96. The summed E-state index contributed by atoms with van der Waals surface area (Å²) in [6.07, 6.45) is 7.68. The van der Waals surface area contributed by atoms with Crippen molar-refractivity contribution in [2.24, 2.45) is 5.41 Å². The molecule has 1 aliphatic heterocycles. The minimum Gasteiger partial charge on any atom is -0.392 e. The second-order valence-electron chi connectivity index (χ2n) is 7.03. The van der Waals surface area contributed by atoms with Crippen molar-refractivity contribution in [2.75, 3.05) is 13.2 Å². The minimum absolute atomic E-state index is 0.0122. The average Bonchev–Trinajstić information content (AvgIpc) is 3.17. The standard InChI is InChI=1S/C19H23N3O3/c23-17-12-16(19(17)5-9-25-10-6-19)21-18(24)11-14-1-3-15(4-2-14)22-8-7-20-13-22/h1-4,7-8,13,16-17,23H,5-6,9-12H2,(H,21,24)/t16-,17-/m1/s1. The predicted octanol–water partition coefficient (Wildman–Crippen LogP) is 1.46. The second-order valence-corrected chi connectivity index (χ2v) is 7.03. The van der Waals surface area contributed by atoms with Crippen LogP contribution in [0.3, 0.4) is 0 Å². The molecule has 0 unspecified atom stereocenters. The number of rotatable bonds is 4. The Bertz CT molecular complexity index is 721. The van der Waals surface area contributed by atoms with Crippen molar-refractivity contribution >= 4 is 5.91 Å². The molecule has 2 fully saturated rings. The van der Waals surface area contributed by atoms with Gasteiger partial charge in [-0.05, 0) is 37.0 Å². The van der Waals surface area contributed by atoms with Crippen LogP contribution < -0.4 is 5.32 Å². The Morgan fingerprint density at radius 1 is 1.32 bits per heavy atom. The van der Waals surface area contributed by atoms with Crippen LogP contribution in [0.15, 0.2) is 43.0 Å². The molecule has 1 aromatic heterocycles. The summed E-state index contributed by atoms with van der Waals surface area (Å²) in [4.78, 5) is 16.5. The molecule has 2 aliphatic rings. The van der Waals surface area contributed by atoms with Crippen LogP contribution >= 0.6 is 0 Å². The molecule has 25 heavy (non-hydrogen) atoms. The van der Waals surface area contributed by atoms with Crippen LogP contribution in [0.25, 0.3) is 5.69 Å². The predicted molar refractivity (Wildman–Crippen MR) is 92.3 cm³/mol. The van der Waals surface area contributed by atoms with E-state index in [4.69, 9.17) is 4.74 Å². The lowest BCUT2D eigenvalue weighted by Gasteiger charge is -2.55. The zero-order chi connectivity index (χ0) is 17.3. The van der Waals surface area contributed by atoms with Crippen molar-refractivity contribution in [1.82, 2.24) is 14.9 Å². The Labute approximate surface area is 146 Å². The molecule has 1 aromatic carbocycles. The van der Waals surface area contributed by atoms with E-state index in [0.717, 1.165) is 24.1 Å². The molecule has 6 nitrogen and oxygen atoms in total. The summed E-state index contributed by atoms with van der Waals surface area (Å²) < 4.78 is 7.33. The van der Waals surface area contributed by atoms with Crippen LogP contribution in [0, 0.1) is 5.41 Å². The van der Waals surface area contributed by atoms with Gasteiger partial charge in [0.2, 0.25) is 5.91 Å². The number of aliphatic hydroxyl groups excluding tert-OH is 1. The van der Waals surface area contributed by atoms with Crippen LogP contribution in [0.1, 0.15) is 24.8 Å². The zero-order valence-corrected chi connectivity index (χ0v) is 14.1. The molecule has 4 rings (SSSR count). The first kappa shape index (κ1) is 16.3. The first-order valence-electron chi connectivity index (χ1n) is 8.80. The van der Waals surface area contributed by atoms with Crippen molar-refractivity contribution in [3.63, 3.8) is 0 Å². The van der Waals surface area contributed by atoms with E-state index in [-0.39, 0.29) is 23.5 Å². The van der Waals surface area contributed by atoms with Gasteiger partial charge in [0.15, 0.2) is 0 Å². The fourth-order valence-corrected chi connectivity index (χ4v) is 4.03. The topological polar surface area (TPSA) is 76.4 Å².